The van der Waals surface area contributed by atoms with Crippen LogP contribution in [0.25, 0.3) is 0 Å². The zero-order valence-corrected chi connectivity index (χ0v) is 9.77. The molecule has 86 valence electrons. The lowest BCUT2D eigenvalue weighted by molar-refractivity contribution is 0.229. The van der Waals surface area contributed by atoms with E-state index in [-0.39, 0.29) is 12.6 Å². The molecule has 2 unspecified atom stereocenters. The smallest absolute Gasteiger partial charge is 0.125 e. The van der Waals surface area contributed by atoms with Crippen molar-refractivity contribution in [3.05, 3.63) is 18.2 Å². The van der Waals surface area contributed by atoms with Crippen molar-refractivity contribution >= 4 is 0 Å². The van der Waals surface area contributed by atoms with Gasteiger partial charge in [-0.25, -0.2) is 4.98 Å². The van der Waals surface area contributed by atoms with E-state index in [0.717, 1.165) is 18.8 Å². The number of aliphatic hydroxyl groups excluding tert-OH is 1. The van der Waals surface area contributed by atoms with E-state index in [1.165, 1.54) is 0 Å². The van der Waals surface area contributed by atoms with Gasteiger partial charge in [0.25, 0.3) is 0 Å². The minimum Gasteiger partial charge on any atom is -0.396 e. The SMILES string of the molecule is CCC(NCC(C)CO)c1nccn1C. The van der Waals surface area contributed by atoms with Gasteiger partial charge >= 0.3 is 0 Å². The van der Waals surface area contributed by atoms with Gasteiger partial charge in [-0.15, -0.1) is 0 Å². The predicted molar refractivity (Wildman–Crippen MR) is 60.5 cm³/mol. The van der Waals surface area contributed by atoms with Gasteiger partial charge in [0.05, 0.1) is 6.04 Å². The van der Waals surface area contributed by atoms with E-state index in [4.69, 9.17) is 5.11 Å². The Bertz CT molecular complexity index is 285. The van der Waals surface area contributed by atoms with Crippen molar-refractivity contribution in [2.24, 2.45) is 13.0 Å². The van der Waals surface area contributed by atoms with Crippen LogP contribution in [0.3, 0.4) is 0 Å². The first kappa shape index (κ1) is 12.2. The molecule has 0 aliphatic rings. The maximum atomic E-state index is 8.94. The van der Waals surface area contributed by atoms with Crippen molar-refractivity contribution in [3.8, 4) is 0 Å². The largest absolute Gasteiger partial charge is 0.396 e. The van der Waals surface area contributed by atoms with E-state index in [2.05, 4.69) is 17.2 Å². The molecule has 2 atom stereocenters. The molecule has 15 heavy (non-hydrogen) atoms. The highest BCUT2D eigenvalue weighted by Crippen LogP contribution is 2.13. The number of hydrogen-bond donors (Lipinski definition) is 2. The van der Waals surface area contributed by atoms with Crippen LogP contribution in [0, 0.1) is 5.92 Å². The van der Waals surface area contributed by atoms with E-state index in [1.807, 2.05) is 30.9 Å². The summed E-state index contributed by atoms with van der Waals surface area (Å²) in [5, 5.41) is 12.4. The highest BCUT2D eigenvalue weighted by Gasteiger charge is 2.13. The molecule has 0 aromatic carbocycles. The molecule has 0 fully saturated rings. The maximum absolute atomic E-state index is 8.94. The number of rotatable bonds is 6. The number of nitrogens with one attached hydrogen (secondary N) is 1. The lowest BCUT2D eigenvalue weighted by Crippen LogP contribution is -2.29. The van der Waals surface area contributed by atoms with Gasteiger partial charge < -0.3 is 15.0 Å². The topological polar surface area (TPSA) is 50.1 Å². The van der Waals surface area contributed by atoms with Crippen molar-refractivity contribution < 1.29 is 5.11 Å². The molecule has 1 rings (SSSR count). The van der Waals surface area contributed by atoms with Crippen molar-refractivity contribution in [2.75, 3.05) is 13.2 Å². The molecule has 0 saturated heterocycles. The van der Waals surface area contributed by atoms with Crippen LogP contribution in [0.4, 0.5) is 0 Å². The standard InChI is InChI=1S/C11H21N3O/c1-4-10(13-7-9(2)8-15)11-12-5-6-14(11)3/h5-6,9-10,13,15H,4,7-8H2,1-3H3. The molecule has 0 bridgehead atoms. The summed E-state index contributed by atoms with van der Waals surface area (Å²) in [6.45, 7) is 5.21. The first-order valence-electron chi connectivity index (χ1n) is 5.50. The number of aryl methyl sites for hydroxylation is 1. The van der Waals surface area contributed by atoms with Gasteiger partial charge in [0.1, 0.15) is 5.82 Å². The van der Waals surface area contributed by atoms with Crippen LogP contribution < -0.4 is 5.32 Å². The zero-order chi connectivity index (χ0) is 11.3. The highest BCUT2D eigenvalue weighted by atomic mass is 16.3. The minimum absolute atomic E-state index is 0.226. The van der Waals surface area contributed by atoms with Gasteiger partial charge in [-0.1, -0.05) is 13.8 Å². The Morgan fingerprint density at radius 1 is 1.60 bits per heavy atom. The summed E-state index contributed by atoms with van der Waals surface area (Å²) in [4.78, 5) is 4.33. The Kier molecular flexibility index (Phi) is 4.78. The summed E-state index contributed by atoms with van der Waals surface area (Å²) in [7, 11) is 2.00. The average molecular weight is 211 g/mol. The summed E-state index contributed by atoms with van der Waals surface area (Å²) in [6.07, 6.45) is 4.77. The number of aromatic nitrogens is 2. The van der Waals surface area contributed by atoms with E-state index < -0.39 is 0 Å². The Morgan fingerprint density at radius 3 is 2.80 bits per heavy atom. The number of nitrogens with zero attached hydrogens (tertiary/aromatic N) is 2. The molecular weight excluding hydrogens is 190 g/mol. The first-order chi connectivity index (χ1) is 7.19. The fourth-order valence-corrected chi connectivity index (χ4v) is 1.54. The molecule has 1 heterocycles. The summed E-state index contributed by atoms with van der Waals surface area (Å²) in [5.41, 5.74) is 0. The van der Waals surface area contributed by atoms with Crippen molar-refractivity contribution in [1.82, 2.24) is 14.9 Å². The predicted octanol–water partition coefficient (Wildman–Crippen LogP) is 1.09. The molecule has 4 heteroatoms. The third-order valence-corrected chi connectivity index (χ3v) is 2.60. The second kappa shape index (κ2) is 5.88. The van der Waals surface area contributed by atoms with Gasteiger partial charge in [-0.2, -0.15) is 0 Å². The van der Waals surface area contributed by atoms with Crippen LogP contribution in [0.2, 0.25) is 0 Å². The second-order valence-corrected chi connectivity index (χ2v) is 4.05. The first-order valence-corrected chi connectivity index (χ1v) is 5.50. The second-order valence-electron chi connectivity index (χ2n) is 4.05. The van der Waals surface area contributed by atoms with Crippen LogP contribution in [0.1, 0.15) is 32.1 Å². The van der Waals surface area contributed by atoms with Gasteiger partial charge in [0.15, 0.2) is 0 Å². The molecule has 0 radical (unpaired) electrons. The molecular formula is C11H21N3O. The normalized spacial score (nSPS) is 15.2. The summed E-state index contributed by atoms with van der Waals surface area (Å²) in [6, 6.07) is 0.277. The number of hydrogen-bond acceptors (Lipinski definition) is 3. The van der Waals surface area contributed by atoms with Crippen LogP contribution in [-0.2, 0) is 7.05 Å². The summed E-state index contributed by atoms with van der Waals surface area (Å²) in [5.74, 6) is 1.35. The zero-order valence-electron chi connectivity index (χ0n) is 9.77. The van der Waals surface area contributed by atoms with Gasteiger partial charge in [-0.05, 0) is 12.3 Å². The molecule has 0 saturated carbocycles. The summed E-state index contributed by atoms with van der Waals surface area (Å²) < 4.78 is 2.03. The minimum atomic E-state index is 0.226. The maximum Gasteiger partial charge on any atom is 0.125 e. The Hall–Kier alpha value is -0.870. The Balaban J connectivity index is 2.53. The lowest BCUT2D eigenvalue weighted by atomic mass is 10.1. The van der Waals surface area contributed by atoms with Crippen molar-refractivity contribution in [3.63, 3.8) is 0 Å². The summed E-state index contributed by atoms with van der Waals surface area (Å²) >= 11 is 0. The third-order valence-electron chi connectivity index (χ3n) is 2.60. The van der Waals surface area contributed by atoms with Gasteiger partial charge in [0, 0.05) is 32.6 Å². The number of aliphatic hydroxyl groups is 1. The highest BCUT2D eigenvalue weighted by molar-refractivity contribution is 4.98. The van der Waals surface area contributed by atoms with Crippen LogP contribution in [-0.4, -0.2) is 27.8 Å². The fourth-order valence-electron chi connectivity index (χ4n) is 1.54. The molecule has 1 aromatic heterocycles. The van der Waals surface area contributed by atoms with Crippen LogP contribution >= 0.6 is 0 Å². The molecule has 2 N–H and O–H groups in total. The molecule has 1 aromatic rings. The monoisotopic (exact) mass is 211 g/mol. The van der Waals surface area contributed by atoms with Crippen LogP contribution in [0.5, 0.6) is 0 Å². The Labute approximate surface area is 91.3 Å². The Morgan fingerprint density at radius 2 is 2.33 bits per heavy atom. The van der Waals surface area contributed by atoms with Crippen LogP contribution in [0.15, 0.2) is 12.4 Å². The molecule has 0 aliphatic heterocycles. The molecule has 0 amide bonds. The molecule has 0 spiro atoms. The third kappa shape index (κ3) is 3.32. The van der Waals surface area contributed by atoms with Crippen molar-refractivity contribution in [1.29, 1.82) is 0 Å². The van der Waals surface area contributed by atoms with Gasteiger partial charge in [-0.3, -0.25) is 0 Å². The van der Waals surface area contributed by atoms with E-state index in [9.17, 15) is 0 Å². The molecule has 4 nitrogen and oxygen atoms in total. The van der Waals surface area contributed by atoms with Crippen molar-refractivity contribution in [2.45, 2.75) is 26.3 Å². The van der Waals surface area contributed by atoms with E-state index in [0.29, 0.717) is 5.92 Å². The molecule has 0 aliphatic carbocycles. The van der Waals surface area contributed by atoms with E-state index in [1.54, 1.807) is 0 Å². The van der Waals surface area contributed by atoms with Gasteiger partial charge in [0.2, 0.25) is 0 Å². The number of imidazole rings is 1. The van der Waals surface area contributed by atoms with E-state index >= 15 is 0 Å². The average Bonchev–Trinajstić information content (AvgIpc) is 2.65. The lowest BCUT2D eigenvalue weighted by Gasteiger charge is -2.18. The fraction of sp³-hybridized carbons (Fsp3) is 0.727. The quantitative estimate of drug-likeness (QED) is 0.740.